The third kappa shape index (κ3) is 5.25. The lowest BCUT2D eigenvalue weighted by atomic mass is 9.90. The maximum atomic E-state index is 8.96. The first-order valence-corrected chi connectivity index (χ1v) is 11.5. The maximum absolute atomic E-state index is 8.96. The highest BCUT2D eigenvalue weighted by molar-refractivity contribution is 5.46. The Morgan fingerprint density at radius 3 is 2.42 bits per heavy atom. The van der Waals surface area contributed by atoms with E-state index in [1.54, 1.807) is 0 Å². The van der Waals surface area contributed by atoms with Gasteiger partial charge in [0.25, 0.3) is 0 Å². The number of hydrogen-bond acceptors (Lipinski definition) is 7. The molecule has 3 heterocycles. The van der Waals surface area contributed by atoms with Gasteiger partial charge in [0.05, 0.1) is 42.6 Å². The molecule has 2 aromatic carbocycles. The Morgan fingerprint density at radius 1 is 1.00 bits per heavy atom. The molecule has 1 N–H and O–H groups in total. The molecule has 0 bridgehead atoms. The Balaban J connectivity index is 1.12. The number of anilines is 1. The number of ether oxygens (including phenoxy) is 1. The fraction of sp³-hybridized carbons (Fsp3) is 0.385. The maximum Gasteiger partial charge on any atom is 0.150 e. The number of para-hydroxylation sites is 1. The first-order chi connectivity index (χ1) is 16.2. The molecular formula is C26H29N5O2. The molecule has 0 amide bonds. The van der Waals surface area contributed by atoms with Crippen LogP contribution in [0.1, 0.15) is 22.6 Å². The summed E-state index contributed by atoms with van der Waals surface area (Å²) in [6.45, 7) is 6.89. The Hall–Kier alpha value is -3.18. The zero-order valence-corrected chi connectivity index (χ0v) is 18.7. The second-order valence-electron chi connectivity index (χ2n) is 9.00. The number of nitriles is 1. The molecule has 7 nitrogen and oxygen atoms in total. The predicted octanol–water partition coefficient (Wildman–Crippen LogP) is 2.97. The highest BCUT2D eigenvalue weighted by Gasteiger charge is 2.39. The van der Waals surface area contributed by atoms with Crippen molar-refractivity contribution in [2.24, 2.45) is 0 Å². The van der Waals surface area contributed by atoms with E-state index in [0.717, 1.165) is 62.7 Å². The van der Waals surface area contributed by atoms with Crippen LogP contribution in [-0.4, -0.2) is 55.0 Å². The van der Waals surface area contributed by atoms with Crippen molar-refractivity contribution < 1.29 is 9.26 Å². The van der Waals surface area contributed by atoms with Crippen molar-refractivity contribution in [3.63, 3.8) is 0 Å². The molecule has 7 heteroatoms. The van der Waals surface area contributed by atoms with Crippen molar-refractivity contribution in [2.45, 2.75) is 25.0 Å². The minimum atomic E-state index is -0.122. The van der Waals surface area contributed by atoms with Crippen LogP contribution < -0.4 is 10.2 Å². The molecule has 0 atom stereocenters. The SMILES string of the molecule is N#Cc1ccc(CNC2(Cc3cc(CN4CCN(c5ccccc5)CC4)on3)COC2)cc1. The Bertz CT molecular complexity index is 1080. The third-order valence-corrected chi connectivity index (χ3v) is 6.51. The monoisotopic (exact) mass is 443 g/mol. The summed E-state index contributed by atoms with van der Waals surface area (Å²) in [4.78, 5) is 4.86. The molecule has 3 aromatic rings. The smallest absolute Gasteiger partial charge is 0.150 e. The molecule has 0 spiro atoms. The van der Waals surface area contributed by atoms with Gasteiger partial charge in [-0.1, -0.05) is 35.5 Å². The standard InChI is InChI=1S/C26H29N5O2/c27-16-21-6-8-22(9-7-21)17-28-26(19-32-20-26)15-23-14-25(33-29-23)18-30-10-12-31(13-11-30)24-4-2-1-3-5-24/h1-9,14,28H,10-13,15,17-20H2. The summed E-state index contributed by atoms with van der Waals surface area (Å²) in [6.07, 6.45) is 0.772. The van der Waals surface area contributed by atoms with E-state index in [2.05, 4.69) is 62.7 Å². The molecule has 2 aliphatic heterocycles. The van der Waals surface area contributed by atoms with Crippen LogP contribution in [0.3, 0.4) is 0 Å². The van der Waals surface area contributed by atoms with Gasteiger partial charge in [-0.2, -0.15) is 5.26 Å². The van der Waals surface area contributed by atoms with Crippen LogP contribution in [0.25, 0.3) is 0 Å². The summed E-state index contributed by atoms with van der Waals surface area (Å²) >= 11 is 0. The summed E-state index contributed by atoms with van der Waals surface area (Å²) in [7, 11) is 0. The quantitative estimate of drug-likeness (QED) is 0.573. The fourth-order valence-corrected chi connectivity index (χ4v) is 4.49. The summed E-state index contributed by atoms with van der Waals surface area (Å²) in [5, 5.41) is 16.9. The first-order valence-electron chi connectivity index (χ1n) is 11.5. The van der Waals surface area contributed by atoms with Gasteiger partial charge in [0.15, 0.2) is 5.76 Å². The highest BCUT2D eigenvalue weighted by Crippen LogP contribution is 2.24. The van der Waals surface area contributed by atoms with Gasteiger partial charge in [0.1, 0.15) is 0 Å². The van der Waals surface area contributed by atoms with Gasteiger partial charge in [0, 0.05) is 50.9 Å². The molecular weight excluding hydrogens is 414 g/mol. The summed E-state index contributed by atoms with van der Waals surface area (Å²) in [5.74, 6) is 0.917. The average molecular weight is 444 g/mol. The molecule has 0 radical (unpaired) electrons. The van der Waals surface area contributed by atoms with Crippen LogP contribution in [0.5, 0.6) is 0 Å². The van der Waals surface area contributed by atoms with Gasteiger partial charge in [-0.3, -0.25) is 4.90 Å². The van der Waals surface area contributed by atoms with E-state index in [0.29, 0.717) is 18.8 Å². The largest absolute Gasteiger partial charge is 0.377 e. The Morgan fingerprint density at radius 2 is 1.76 bits per heavy atom. The van der Waals surface area contributed by atoms with Crippen molar-refractivity contribution in [1.29, 1.82) is 5.26 Å². The lowest BCUT2D eigenvalue weighted by molar-refractivity contribution is -0.0755. The van der Waals surface area contributed by atoms with E-state index in [1.807, 2.05) is 24.3 Å². The lowest BCUT2D eigenvalue weighted by Crippen LogP contribution is -2.61. The number of benzene rings is 2. The van der Waals surface area contributed by atoms with Crippen LogP contribution in [-0.2, 0) is 24.2 Å². The van der Waals surface area contributed by atoms with Crippen molar-refractivity contribution >= 4 is 5.69 Å². The van der Waals surface area contributed by atoms with E-state index in [-0.39, 0.29) is 5.54 Å². The van der Waals surface area contributed by atoms with E-state index < -0.39 is 0 Å². The second kappa shape index (κ2) is 9.75. The van der Waals surface area contributed by atoms with E-state index in [9.17, 15) is 0 Å². The minimum Gasteiger partial charge on any atom is -0.377 e. The lowest BCUT2D eigenvalue weighted by Gasteiger charge is -2.42. The minimum absolute atomic E-state index is 0.122. The Kier molecular flexibility index (Phi) is 6.40. The van der Waals surface area contributed by atoms with Crippen molar-refractivity contribution in [3.05, 3.63) is 83.2 Å². The molecule has 0 saturated carbocycles. The van der Waals surface area contributed by atoms with Gasteiger partial charge >= 0.3 is 0 Å². The first kappa shape index (κ1) is 21.7. The van der Waals surface area contributed by atoms with Crippen molar-refractivity contribution in [2.75, 3.05) is 44.3 Å². The van der Waals surface area contributed by atoms with Gasteiger partial charge in [-0.25, -0.2) is 0 Å². The van der Waals surface area contributed by atoms with E-state index >= 15 is 0 Å². The molecule has 2 aliphatic rings. The molecule has 0 unspecified atom stereocenters. The molecule has 1 aromatic heterocycles. The molecule has 2 fully saturated rings. The third-order valence-electron chi connectivity index (χ3n) is 6.51. The number of hydrogen-bond donors (Lipinski definition) is 1. The number of nitrogens with zero attached hydrogens (tertiary/aromatic N) is 4. The van der Waals surface area contributed by atoms with E-state index in [4.69, 9.17) is 14.5 Å². The zero-order valence-electron chi connectivity index (χ0n) is 18.7. The second-order valence-corrected chi connectivity index (χ2v) is 9.00. The number of aromatic nitrogens is 1. The predicted molar refractivity (Wildman–Crippen MR) is 126 cm³/mol. The number of piperazine rings is 1. The van der Waals surface area contributed by atoms with Crippen LogP contribution in [0, 0.1) is 11.3 Å². The van der Waals surface area contributed by atoms with Crippen LogP contribution in [0.15, 0.2) is 65.2 Å². The highest BCUT2D eigenvalue weighted by atomic mass is 16.5. The van der Waals surface area contributed by atoms with Crippen LogP contribution >= 0.6 is 0 Å². The Labute approximate surface area is 194 Å². The van der Waals surface area contributed by atoms with E-state index in [1.165, 1.54) is 5.69 Å². The molecule has 2 saturated heterocycles. The van der Waals surface area contributed by atoms with Gasteiger partial charge in [-0.15, -0.1) is 0 Å². The molecule has 33 heavy (non-hydrogen) atoms. The normalized spacial score (nSPS) is 18.0. The number of rotatable bonds is 8. The summed E-state index contributed by atoms with van der Waals surface area (Å²) < 4.78 is 11.2. The van der Waals surface area contributed by atoms with Crippen LogP contribution in [0.4, 0.5) is 5.69 Å². The number of nitrogens with one attached hydrogen (secondary N) is 1. The topological polar surface area (TPSA) is 77.6 Å². The summed E-state index contributed by atoms with van der Waals surface area (Å²) in [6, 6.07) is 22.5. The van der Waals surface area contributed by atoms with Crippen LogP contribution in [0.2, 0.25) is 0 Å². The average Bonchev–Trinajstić information content (AvgIpc) is 3.28. The van der Waals surface area contributed by atoms with Crippen molar-refractivity contribution in [3.8, 4) is 6.07 Å². The molecule has 5 rings (SSSR count). The molecule has 0 aliphatic carbocycles. The molecule has 170 valence electrons. The van der Waals surface area contributed by atoms with Gasteiger partial charge in [0.2, 0.25) is 0 Å². The summed E-state index contributed by atoms with van der Waals surface area (Å²) in [5.41, 5.74) is 3.96. The van der Waals surface area contributed by atoms with Gasteiger partial charge < -0.3 is 19.5 Å². The van der Waals surface area contributed by atoms with Crippen molar-refractivity contribution in [1.82, 2.24) is 15.4 Å². The van der Waals surface area contributed by atoms with Gasteiger partial charge in [-0.05, 0) is 29.8 Å². The fourth-order valence-electron chi connectivity index (χ4n) is 4.49. The zero-order chi connectivity index (χ0) is 22.5.